The molecule has 3 nitrogen and oxygen atoms in total. The molecule has 0 radical (unpaired) electrons. The van der Waals surface area contributed by atoms with Crippen molar-refractivity contribution in [2.75, 3.05) is 11.4 Å². The van der Waals surface area contributed by atoms with Gasteiger partial charge in [-0.2, -0.15) is 0 Å². The van der Waals surface area contributed by atoms with Crippen molar-refractivity contribution in [2.24, 2.45) is 5.92 Å². The Labute approximate surface area is 173 Å². The van der Waals surface area contributed by atoms with Gasteiger partial charge in [-0.25, -0.2) is 4.79 Å². The molecule has 0 bridgehead atoms. The Bertz CT molecular complexity index is 864. The summed E-state index contributed by atoms with van der Waals surface area (Å²) in [5.74, 6) is 0.674. The zero-order valence-electron chi connectivity index (χ0n) is 17.2. The highest BCUT2D eigenvalue weighted by molar-refractivity contribution is 5.88. The minimum absolute atomic E-state index is 0.358. The number of benzene rings is 2. The van der Waals surface area contributed by atoms with E-state index in [1.807, 2.05) is 12.1 Å². The third kappa shape index (κ3) is 3.92. The van der Waals surface area contributed by atoms with Crippen LogP contribution in [0.25, 0.3) is 0 Å². The summed E-state index contributed by atoms with van der Waals surface area (Å²) in [6.07, 6.45) is 13.1. The number of carboxylic acid groups (broad SMARTS) is 1. The van der Waals surface area contributed by atoms with Gasteiger partial charge in [-0.1, -0.05) is 12.8 Å². The quantitative estimate of drug-likeness (QED) is 0.637. The second-order valence-electron chi connectivity index (χ2n) is 9.27. The molecule has 0 spiro atoms. The number of aryl methyl sites for hydroxylation is 2. The molecule has 0 unspecified atom stereocenters. The van der Waals surface area contributed by atoms with Gasteiger partial charge in [-0.05, 0) is 116 Å². The topological polar surface area (TPSA) is 40.5 Å². The minimum atomic E-state index is -0.859. The molecule has 0 atom stereocenters. The maximum atomic E-state index is 11.3. The molecule has 2 aromatic carbocycles. The first kappa shape index (κ1) is 18.7. The highest BCUT2D eigenvalue weighted by Crippen LogP contribution is 2.43. The predicted octanol–water partition coefficient (Wildman–Crippen LogP) is 6.47. The Morgan fingerprint density at radius 3 is 2.03 bits per heavy atom. The number of nitrogens with zero attached hydrogens (tertiary/aromatic N) is 1. The van der Waals surface area contributed by atoms with Gasteiger partial charge < -0.3 is 10.0 Å². The van der Waals surface area contributed by atoms with Gasteiger partial charge in [0.15, 0.2) is 0 Å². The van der Waals surface area contributed by atoms with Gasteiger partial charge in [-0.15, -0.1) is 0 Å². The minimum Gasteiger partial charge on any atom is -0.478 e. The number of aromatic carboxylic acids is 1. The van der Waals surface area contributed by atoms with Crippen LogP contribution in [-0.4, -0.2) is 17.6 Å². The first-order valence-electron chi connectivity index (χ1n) is 11.5. The van der Waals surface area contributed by atoms with Gasteiger partial charge in [0.25, 0.3) is 0 Å². The molecule has 1 N–H and O–H groups in total. The lowest BCUT2D eigenvalue weighted by atomic mass is 9.86. The number of anilines is 2. The number of hydrogen-bond acceptors (Lipinski definition) is 2. The van der Waals surface area contributed by atoms with Crippen LogP contribution in [0.2, 0.25) is 0 Å². The summed E-state index contributed by atoms with van der Waals surface area (Å²) >= 11 is 0. The van der Waals surface area contributed by atoms with E-state index < -0.39 is 5.97 Å². The fourth-order valence-electron chi connectivity index (χ4n) is 5.40. The number of rotatable bonds is 5. The highest BCUT2D eigenvalue weighted by Gasteiger charge is 2.28. The van der Waals surface area contributed by atoms with Crippen molar-refractivity contribution in [3.63, 3.8) is 0 Å². The van der Waals surface area contributed by atoms with E-state index in [1.165, 1.54) is 69.9 Å². The SMILES string of the molecule is O=C(O)c1ccc(N(CC2CC2)c2cc3c4c(c2)CCCCC4CCCC3)cc1. The van der Waals surface area contributed by atoms with Crippen LogP contribution in [0, 0.1) is 5.92 Å². The second-order valence-corrected chi connectivity index (χ2v) is 9.27. The first-order chi connectivity index (χ1) is 14.2. The summed E-state index contributed by atoms with van der Waals surface area (Å²) in [4.78, 5) is 13.7. The molecular formula is C26H31NO2. The zero-order chi connectivity index (χ0) is 19.8. The van der Waals surface area contributed by atoms with E-state index in [2.05, 4.69) is 17.0 Å². The average molecular weight is 390 g/mol. The Hall–Kier alpha value is -2.29. The van der Waals surface area contributed by atoms with Gasteiger partial charge >= 0.3 is 5.97 Å². The molecule has 29 heavy (non-hydrogen) atoms. The van der Waals surface area contributed by atoms with Gasteiger partial charge in [0.05, 0.1) is 5.56 Å². The maximum Gasteiger partial charge on any atom is 0.335 e. The largest absolute Gasteiger partial charge is 0.478 e. The van der Waals surface area contributed by atoms with E-state index >= 15 is 0 Å². The lowest BCUT2D eigenvalue weighted by molar-refractivity contribution is 0.0697. The molecule has 0 amide bonds. The molecule has 0 aromatic heterocycles. The summed E-state index contributed by atoms with van der Waals surface area (Å²) in [5, 5.41) is 9.26. The molecular weight excluding hydrogens is 358 g/mol. The fraction of sp³-hybridized carbons (Fsp3) is 0.500. The van der Waals surface area contributed by atoms with Gasteiger partial charge in [-0.3, -0.25) is 0 Å². The molecule has 0 aliphatic heterocycles. The summed E-state index contributed by atoms with van der Waals surface area (Å²) in [6, 6.07) is 12.4. The van der Waals surface area contributed by atoms with Crippen LogP contribution >= 0.6 is 0 Å². The first-order valence-corrected chi connectivity index (χ1v) is 11.5. The number of carboxylic acids is 1. The van der Waals surface area contributed by atoms with Crippen LogP contribution in [0.5, 0.6) is 0 Å². The van der Waals surface area contributed by atoms with Crippen molar-refractivity contribution in [3.05, 3.63) is 58.7 Å². The standard InChI is InChI=1S/C26H31NO2/c28-26(29)20-11-13-23(14-12-20)27(17-18-9-10-18)24-15-21-7-3-1-5-19-6-2-4-8-22(16-24)25(19)21/h11-16,18-19H,1-10,17H2,(H,28,29). The van der Waals surface area contributed by atoms with Gasteiger partial charge in [0.2, 0.25) is 0 Å². The average Bonchev–Trinajstić information content (AvgIpc) is 3.57. The van der Waals surface area contributed by atoms with E-state index in [9.17, 15) is 9.90 Å². The maximum absolute atomic E-state index is 11.3. The number of carbonyl (C=O) groups is 1. The fourth-order valence-corrected chi connectivity index (χ4v) is 5.40. The predicted molar refractivity (Wildman–Crippen MR) is 117 cm³/mol. The summed E-state index contributed by atoms with van der Waals surface area (Å²) in [7, 11) is 0. The molecule has 0 saturated heterocycles. The van der Waals surface area contributed by atoms with Crippen LogP contribution in [0.3, 0.4) is 0 Å². The summed E-state index contributed by atoms with van der Waals surface area (Å²) in [6.45, 7) is 1.04. The Morgan fingerprint density at radius 2 is 1.48 bits per heavy atom. The monoisotopic (exact) mass is 389 g/mol. The van der Waals surface area contributed by atoms with Gasteiger partial charge in [0, 0.05) is 17.9 Å². The molecule has 1 saturated carbocycles. The lowest BCUT2D eigenvalue weighted by Crippen LogP contribution is -2.21. The van der Waals surface area contributed by atoms with Gasteiger partial charge in [0.1, 0.15) is 0 Å². The number of hydrogen-bond donors (Lipinski definition) is 1. The third-order valence-electron chi connectivity index (χ3n) is 7.12. The third-order valence-corrected chi connectivity index (χ3v) is 7.12. The molecule has 3 aliphatic rings. The molecule has 3 heteroatoms. The highest BCUT2D eigenvalue weighted by atomic mass is 16.4. The molecule has 0 heterocycles. The Kier molecular flexibility index (Phi) is 5.07. The van der Waals surface area contributed by atoms with Crippen molar-refractivity contribution in [2.45, 2.75) is 70.1 Å². The van der Waals surface area contributed by atoms with E-state index in [-0.39, 0.29) is 0 Å². The van der Waals surface area contributed by atoms with Crippen LogP contribution in [0.15, 0.2) is 36.4 Å². The van der Waals surface area contributed by atoms with Crippen molar-refractivity contribution < 1.29 is 9.90 Å². The van der Waals surface area contributed by atoms with E-state index in [0.29, 0.717) is 5.56 Å². The second kappa shape index (κ2) is 7.85. The molecule has 152 valence electrons. The smallest absolute Gasteiger partial charge is 0.335 e. The van der Waals surface area contributed by atoms with Crippen LogP contribution in [0.4, 0.5) is 11.4 Å². The normalized spacial score (nSPS) is 19.2. The van der Waals surface area contributed by atoms with Crippen LogP contribution < -0.4 is 4.90 Å². The Morgan fingerprint density at radius 1 is 0.862 bits per heavy atom. The van der Waals surface area contributed by atoms with Crippen LogP contribution in [0.1, 0.15) is 84.3 Å². The molecule has 2 aromatic rings. The summed E-state index contributed by atoms with van der Waals surface area (Å²) in [5.41, 5.74) is 7.66. The van der Waals surface area contributed by atoms with Crippen LogP contribution in [-0.2, 0) is 12.8 Å². The van der Waals surface area contributed by atoms with Crippen molar-refractivity contribution in [1.29, 1.82) is 0 Å². The summed E-state index contributed by atoms with van der Waals surface area (Å²) < 4.78 is 0. The van der Waals surface area contributed by atoms with Crippen molar-refractivity contribution in [3.8, 4) is 0 Å². The van der Waals surface area contributed by atoms with Crippen molar-refractivity contribution >= 4 is 17.3 Å². The zero-order valence-corrected chi connectivity index (χ0v) is 17.2. The molecule has 5 rings (SSSR count). The van der Waals surface area contributed by atoms with E-state index in [1.54, 1.807) is 28.8 Å². The van der Waals surface area contributed by atoms with E-state index in [4.69, 9.17) is 0 Å². The molecule has 1 fully saturated rings. The Balaban J connectivity index is 1.56. The molecule has 3 aliphatic carbocycles. The van der Waals surface area contributed by atoms with E-state index in [0.717, 1.165) is 24.1 Å². The van der Waals surface area contributed by atoms with Crippen molar-refractivity contribution in [1.82, 2.24) is 0 Å². The lowest BCUT2D eigenvalue weighted by Gasteiger charge is -2.28.